The number of esters is 3. The number of carbonyl (C=O) groups is 3. The molecule has 0 aliphatic heterocycles. The zero-order valence-corrected chi connectivity index (χ0v) is 54.6. The van der Waals surface area contributed by atoms with Crippen molar-refractivity contribution in [3.05, 3.63) is 48.6 Å². The van der Waals surface area contributed by atoms with Crippen LogP contribution in [0.1, 0.15) is 393 Å². The van der Waals surface area contributed by atoms with Crippen LogP contribution in [0.5, 0.6) is 0 Å². The SMILES string of the molecule is CCC/C=C\CCCCCCCC(=O)OCC(COC(=O)CCCCCCCCCCCCCCCCCCCCCCCCCCCCCCCC)OC(=O)CCCCCCCCCC/C=C\C/C=C\C/C=C\CCCCCCC. The topological polar surface area (TPSA) is 78.9 Å². The average Bonchev–Trinajstić information content (AvgIpc) is 3.47. The van der Waals surface area contributed by atoms with E-state index in [4.69, 9.17) is 14.2 Å². The number of hydrogen-bond acceptors (Lipinski definition) is 6. The van der Waals surface area contributed by atoms with Crippen molar-refractivity contribution in [3.8, 4) is 0 Å². The summed E-state index contributed by atoms with van der Waals surface area (Å²) >= 11 is 0. The molecular weight excluding hydrogens is 997 g/mol. The molecule has 6 nitrogen and oxygen atoms in total. The molecular formula is C75H138O6. The molecule has 1 unspecified atom stereocenters. The van der Waals surface area contributed by atoms with Crippen molar-refractivity contribution in [2.45, 2.75) is 399 Å². The van der Waals surface area contributed by atoms with Crippen LogP contribution in [-0.4, -0.2) is 37.2 Å². The van der Waals surface area contributed by atoms with Crippen LogP contribution < -0.4 is 0 Å². The van der Waals surface area contributed by atoms with E-state index in [0.29, 0.717) is 19.3 Å². The van der Waals surface area contributed by atoms with E-state index in [0.717, 1.165) is 89.9 Å². The van der Waals surface area contributed by atoms with Crippen LogP contribution in [0.4, 0.5) is 0 Å². The van der Waals surface area contributed by atoms with Crippen molar-refractivity contribution in [1.29, 1.82) is 0 Å². The fourth-order valence-electron chi connectivity index (χ4n) is 10.9. The van der Waals surface area contributed by atoms with Gasteiger partial charge in [0.25, 0.3) is 0 Å². The zero-order chi connectivity index (χ0) is 58.5. The third kappa shape index (κ3) is 68.0. The van der Waals surface area contributed by atoms with E-state index in [2.05, 4.69) is 69.4 Å². The summed E-state index contributed by atoms with van der Waals surface area (Å²) in [5.41, 5.74) is 0. The Labute approximate surface area is 505 Å². The maximum Gasteiger partial charge on any atom is 0.306 e. The third-order valence-electron chi connectivity index (χ3n) is 16.3. The van der Waals surface area contributed by atoms with Crippen molar-refractivity contribution in [3.63, 3.8) is 0 Å². The van der Waals surface area contributed by atoms with Gasteiger partial charge in [0.15, 0.2) is 6.10 Å². The molecule has 0 spiro atoms. The summed E-state index contributed by atoms with van der Waals surface area (Å²) in [6.45, 7) is 6.62. The van der Waals surface area contributed by atoms with Crippen LogP contribution in [-0.2, 0) is 28.6 Å². The maximum atomic E-state index is 12.9. The van der Waals surface area contributed by atoms with Gasteiger partial charge in [-0.3, -0.25) is 14.4 Å². The Morgan fingerprint density at radius 2 is 0.469 bits per heavy atom. The molecule has 0 heterocycles. The van der Waals surface area contributed by atoms with Gasteiger partial charge in [-0.15, -0.1) is 0 Å². The molecule has 474 valence electrons. The Balaban J connectivity index is 4.12. The first-order chi connectivity index (χ1) is 40.0. The lowest BCUT2D eigenvalue weighted by Gasteiger charge is -2.18. The van der Waals surface area contributed by atoms with Gasteiger partial charge in [-0.2, -0.15) is 0 Å². The van der Waals surface area contributed by atoms with Crippen molar-refractivity contribution < 1.29 is 28.6 Å². The molecule has 0 radical (unpaired) electrons. The van der Waals surface area contributed by atoms with Gasteiger partial charge in [-0.25, -0.2) is 0 Å². The predicted octanol–water partition coefficient (Wildman–Crippen LogP) is 24.9. The Kier molecular flexibility index (Phi) is 67.6. The highest BCUT2D eigenvalue weighted by molar-refractivity contribution is 5.71. The van der Waals surface area contributed by atoms with E-state index in [1.807, 2.05) is 0 Å². The van der Waals surface area contributed by atoms with Crippen LogP contribution in [0.25, 0.3) is 0 Å². The van der Waals surface area contributed by atoms with E-state index < -0.39 is 6.10 Å². The molecule has 0 saturated heterocycles. The minimum Gasteiger partial charge on any atom is -0.462 e. The molecule has 0 aromatic heterocycles. The van der Waals surface area contributed by atoms with E-state index in [-0.39, 0.29) is 31.1 Å². The van der Waals surface area contributed by atoms with Crippen LogP contribution in [0.2, 0.25) is 0 Å². The number of carbonyl (C=O) groups excluding carboxylic acids is 3. The van der Waals surface area contributed by atoms with E-state index in [1.165, 1.54) is 263 Å². The quantitative estimate of drug-likeness (QED) is 0.0261. The number of unbranched alkanes of at least 4 members (excludes halogenated alkanes) is 48. The molecule has 6 heteroatoms. The van der Waals surface area contributed by atoms with Gasteiger partial charge < -0.3 is 14.2 Å². The molecule has 0 aliphatic carbocycles. The molecule has 0 aliphatic rings. The lowest BCUT2D eigenvalue weighted by atomic mass is 10.0. The average molecular weight is 1140 g/mol. The maximum absolute atomic E-state index is 12.9. The number of allylic oxidation sites excluding steroid dienone is 8. The van der Waals surface area contributed by atoms with Crippen molar-refractivity contribution in [1.82, 2.24) is 0 Å². The van der Waals surface area contributed by atoms with Crippen molar-refractivity contribution >= 4 is 17.9 Å². The first-order valence-electron chi connectivity index (χ1n) is 36.1. The minimum absolute atomic E-state index is 0.0752. The summed E-state index contributed by atoms with van der Waals surface area (Å²) in [6, 6.07) is 0. The first kappa shape index (κ1) is 78.4. The summed E-state index contributed by atoms with van der Waals surface area (Å²) in [5.74, 6) is -0.871. The van der Waals surface area contributed by atoms with E-state index in [1.54, 1.807) is 0 Å². The van der Waals surface area contributed by atoms with Crippen molar-refractivity contribution in [2.24, 2.45) is 0 Å². The van der Waals surface area contributed by atoms with Gasteiger partial charge in [-0.1, -0.05) is 345 Å². The van der Waals surface area contributed by atoms with Crippen LogP contribution in [0.15, 0.2) is 48.6 Å². The van der Waals surface area contributed by atoms with E-state index >= 15 is 0 Å². The zero-order valence-electron chi connectivity index (χ0n) is 54.6. The number of ether oxygens (including phenoxy) is 3. The van der Waals surface area contributed by atoms with Crippen LogP contribution in [0, 0.1) is 0 Å². The summed E-state index contributed by atoms with van der Waals surface area (Å²) in [5, 5.41) is 0. The Bertz CT molecular complexity index is 1400. The lowest BCUT2D eigenvalue weighted by Crippen LogP contribution is -2.30. The van der Waals surface area contributed by atoms with Crippen molar-refractivity contribution in [2.75, 3.05) is 13.2 Å². The van der Waals surface area contributed by atoms with Gasteiger partial charge in [0, 0.05) is 19.3 Å². The van der Waals surface area contributed by atoms with Crippen LogP contribution in [0.3, 0.4) is 0 Å². The normalized spacial score (nSPS) is 12.3. The molecule has 0 N–H and O–H groups in total. The molecule has 0 amide bonds. The highest BCUT2D eigenvalue weighted by Gasteiger charge is 2.19. The Hall–Kier alpha value is -2.63. The van der Waals surface area contributed by atoms with Crippen LogP contribution >= 0.6 is 0 Å². The van der Waals surface area contributed by atoms with Gasteiger partial charge in [0.05, 0.1) is 0 Å². The minimum atomic E-state index is -0.780. The standard InChI is InChI=1S/C75H138O6/c1-4-7-10-13-16-19-22-24-26-28-30-32-34-35-36-37-38-39-40-42-43-45-47-49-51-53-56-59-62-65-68-74(77)80-71-72(70-79-73(76)67-64-61-58-55-21-18-15-12-9-6-3)81-75(78)69-66-63-60-57-54-52-50-48-46-44-41-33-31-29-27-25-23-20-17-14-11-8-5-2/h12,15,23,25,29,31,41,44,72H,4-11,13-14,16-22,24,26-28,30,32-40,42-43,45-71H2,1-3H3/b15-12-,25-23-,31-29-,44-41-. The monoisotopic (exact) mass is 1140 g/mol. The molecule has 81 heavy (non-hydrogen) atoms. The smallest absolute Gasteiger partial charge is 0.306 e. The number of rotatable bonds is 67. The molecule has 0 aromatic rings. The Morgan fingerprint density at radius 1 is 0.247 bits per heavy atom. The van der Waals surface area contributed by atoms with Gasteiger partial charge in [0.1, 0.15) is 13.2 Å². The second kappa shape index (κ2) is 69.9. The lowest BCUT2D eigenvalue weighted by molar-refractivity contribution is -0.167. The molecule has 0 aromatic carbocycles. The largest absolute Gasteiger partial charge is 0.462 e. The highest BCUT2D eigenvalue weighted by Crippen LogP contribution is 2.19. The molecule has 1 atom stereocenters. The number of hydrogen-bond donors (Lipinski definition) is 0. The second-order valence-electron chi connectivity index (χ2n) is 24.5. The molecule has 0 saturated carbocycles. The molecule has 0 fully saturated rings. The summed E-state index contributed by atoms with van der Waals surface area (Å²) < 4.78 is 16.9. The Morgan fingerprint density at radius 3 is 0.753 bits per heavy atom. The van der Waals surface area contributed by atoms with E-state index in [9.17, 15) is 14.4 Å². The third-order valence-corrected chi connectivity index (χ3v) is 16.3. The second-order valence-corrected chi connectivity index (χ2v) is 24.5. The molecule has 0 rings (SSSR count). The summed E-state index contributed by atoms with van der Waals surface area (Å²) in [6.07, 6.45) is 88.8. The highest BCUT2D eigenvalue weighted by atomic mass is 16.6. The first-order valence-corrected chi connectivity index (χ1v) is 36.1. The van der Waals surface area contributed by atoms with Gasteiger partial charge >= 0.3 is 17.9 Å². The fraction of sp³-hybridized carbons (Fsp3) is 0.853. The molecule has 0 bridgehead atoms. The van der Waals surface area contributed by atoms with Gasteiger partial charge in [-0.05, 0) is 77.0 Å². The summed E-state index contributed by atoms with van der Waals surface area (Å²) in [4.78, 5) is 38.3. The predicted molar refractivity (Wildman–Crippen MR) is 353 cm³/mol. The summed E-state index contributed by atoms with van der Waals surface area (Å²) in [7, 11) is 0. The fourth-order valence-corrected chi connectivity index (χ4v) is 10.9. The van der Waals surface area contributed by atoms with Gasteiger partial charge in [0.2, 0.25) is 0 Å².